The van der Waals surface area contributed by atoms with Gasteiger partial charge in [-0.15, -0.1) is 0 Å². The van der Waals surface area contributed by atoms with Crippen molar-refractivity contribution in [2.75, 3.05) is 25.0 Å². The third kappa shape index (κ3) is 4.91. The molecule has 0 saturated carbocycles. The molecule has 162 valence electrons. The Labute approximate surface area is 176 Å². The summed E-state index contributed by atoms with van der Waals surface area (Å²) in [7, 11) is -3.90. The number of carbonyl (C=O) groups excluding carboxylic acids is 1. The van der Waals surface area contributed by atoms with Gasteiger partial charge in [0.1, 0.15) is 17.2 Å². The lowest BCUT2D eigenvalue weighted by Crippen LogP contribution is -2.41. The molecular weight excluding hydrogens is 406 g/mol. The van der Waals surface area contributed by atoms with Gasteiger partial charge in [0, 0.05) is 19.3 Å². The number of piperidine rings is 1. The molecule has 8 nitrogen and oxygen atoms in total. The van der Waals surface area contributed by atoms with E-state index in [1.54, 1.807) is 24.3 Å². The van der Waals surface area contributed by atoms with Crippen LogP contribution in [0.25, 0.3) is 0 Å². The van der Waals surface area contributed by atoms with Crippen molar-refractivity contribution in [3.8, 4) is 5.75 Å². The van der Waals surface area contributed by atoms with Gasteiger partial charge in [0.25, 0.3) is 5.56 Å². The van der Waals surface area contributed by atoms with Gasteiger partial charge >= 0.3 is 0 Å². The number of pyridine rings is 1. The first-order valence-corrected chi connectivity index (χ1v) is 11.5. The summed E-state index contributed by atoms with van der Waals surface area (Å²) in [4.78, 5) is 25.0. The summed E-state index contributed by atoms with van der Waals surface area (Å²) in [6.07, 6.45) is 2.94. The number of anilines is 1. The highest BCUT2D eigenvalue weighted by Crippen LogP contribution is 2.24. The van der Waals surface area contributed by atoms with Crippen LogP contribution in [-0.2, 0) is 21.4 Å². The highest BCUT2D eigenvalue weighted by molar-refractivity contribution is 7.89. The van der Waals surface area contributed by atoms with Crippen LogP contribution in [0.4, 0.5) is 5.69 Å². The minimum absolute atomic E-state index is 0.304. The van der Waals surface area contributed by atoms with Crippen LogP contribution in [0.2, 0.25) is 0 Å². The van der Waals surface area contributed by atoms with Gasteiger partial charge < -0.3 is 14.6 Å². The van der Waals surface area contributed by atoms with E-state index in [9.17, 15) is 18.0 Å². The zero-order chi connectivity index (χ0) is 21.7. The Morgan fingerprint density at radius 1 is 1.17 bits per heavy atom. The molecule has 1 N–H and O–H groups in total. The molecule has 3 rings (SSSR count). The Bertz CT molecular complexity index is 1060. The molecule has 1 amide bonds. The Morgan fingerprint density at radius 2 is 1.87 bits per heavy atom. The van der Waals surface area contributed by atoms with Crippen LogP contribution in [0.1, 0.15) is 26.7 Å². The zero-order valence-corrected chi connectivity index (χ0v) is 18.0. The molecule has 1 fully saturated rings. The fourth-order valence-corrected chi connectivity index (χ4v) is 4.95. The average molecular weight is 434 g/mol. The predicted octanol–water partition coefficient (Wildman–Crippen LogP) is 2.31. The molecule has 9 heteroatoms. The number of rotatable bonds is 7. The largest absolute Gasteiger partial charge is 0.492 e. The van der Waals surface area contributed by atoms with Crippen molar-refractivity contribution in [1.29, 1.82) is 0 Å². The summed E-state index contributed by atoms with van der Waals surface area (Å²) in [5.41, 5.74) is -0.215. The van der Waals surface area contributed by atoms with Crippen LogP contribution in [-0.4, -0.2) is 42.9 Å². The summed E-state index contributed by atoms with van der Waals surface area (Å²) in [6.45, 7) is 4.86. The van der Waals surface area contributed by atoms with E-state index < -0.39 is 21.5 Å². The summed E-state index contributed by atoms with van der Waals surface area (Å²) >= 11 is 0. The molecule has 0 spiro atoms. The Balaban J connectivity index is 1.78. The molecule has 1 aliphatic heterocycles. The van der Waals surface area contributed by atoms with Crippen molar-refractivity contribution in [3.63, 3.8) is 0 Å². The molecule has 0 atom stereocenters. The maximum Gasteiger partial charge on any atom is 0.271 e. The van der Waals surface area contributed by atoms with Gasteiger partial charge in [0.05, 0.1) is 12.3 Å². The van der Waals surface area contributed by atoms with Gasteiger partial charge in [-0.25, -0.2) is 8.42 Å². The number of nitrogens with zero attached hydrogens (tertiary/aromatic N) is 2. The number of hydrogen-bond acceptors (Lipinski definition) is 5. The molecule has 0 radical (unpaired) electrons. The molecule has 2 heterocycles. The Kier molecular flexibility index (Phi) is 6.94. The quantitative estimate of drug-likeness (QED) is 0.723. The van der Waals surface area contributed by atoms with E-state index in [-0.39, 0.29) is 11.4 Å². The predicted molar refractivity (Wildman–Crippen MR) is 114 cm³/mol. The zero-order valence-electron chi connectivity index (χ0n) is 17.2. The van der Waals surface area contributed by atoms with E-state index in [1.807, 2.05) is 6.92 Å². The molecule has 1 saturated heterocycles. The second kappa shape index (κ2) is 9.44. The molecular formula is C21H27N3O5S. The number of sulfonamides is 1. The van der Waals surface area contributed by atoms with Crippen molar-refractivity contribution in [2.24, 2.45) is 5.92 Å². The summed E-state index contributed by atoms with van der Waals surface area (Å²) in [6, 6.07) is 9.76. The van der Waals surface area contributed by atoms with Crippen molar-refractivity contribution in [1.82, 2.24) is 8.87 Å². The number of aromatic nitrogens is 1. The summed E-state index contributed by atoms with van der Waals surface area (Å²) in [5, 5.41) is 2.71. The van der Waals surface area contributed by atoms with Crippen molar-refractivity contribution in [2.45, 2.75) is 38.1 Å². The van der Waals surface area contributed by atoms with Crippen LogP contribution in [0, 0.1) is 5.92 Å². The van der Waals surface area contributed by atoms with E-state index in [1.165, 1.54) is 22.6 Å². The number of para-hydroxylation sites is 2. The number of hydrogen-bond donors (Lipinski definition) is 1. The maximum atomic E-state index is 13.0. The molecule has 1 aromatic heterocycles. The SMILES string of the molecule is CCOc1ccccc1NC(=O)Cn1cccc(S(=O)(=O)N2CCC(C)CC2)c1=O. The van der Waals surface area contributed by atoms with Crippen molar-refractivity contribution in [3.05, 3.63) is 52.9 Å². The smallest absolute Gasteiger partial charge is 0.271 e. The molecule has 1 aromatic carbocycles. The van der Waals surface area contributed by atoms with Gasteiger partial charge in [0.15, 0.2) is 0 Å². The normalized spacial score (nSPS) is 15.7. The van der Waals surface area contributed by atoms with Crippen LogP contribution in [0.5, 0.6) is 5.75 Å². The van der Waals surface area contributed by atoms with Crippen LogP contribution >= 0.6 is 0 Å². The van der Waals surface area contributed by atoms with Crippen molar-refractivity contribution < 1.29 is 17.9 Å². The number of ether oxygens (including phenoxy) is 1. The van der Waals surface area contributed by atoms with Gasteiger partial charge in [-0.3, -0.25) is 9.59 Å². The van der Waals surface area contributed by atoms with E-state index in [0.717, 1.165) is 17.4 Å². The second-order valence-corrected chi connectivity index (χ2v) is 9.28. The minimum atomic E-state index is -3.90. The first-order chi connectivity index (χ1) is 14.3. The van der Waals surface area contributed by atoms with Crippen LogP contribution in [0.15, 0.2) is 52.3 Å². The molecule has 0 unspecified atom stereocenters. The second-order valence-electron chi connectivity index (χ2n) is 7.37. The Hall–Kier alpha value is -2.65. The summed E-state index contributed by atoms with van der Waals surface area (Å²) < 4.78 is 33.9. The van der Waals surface area contributed by atoms with Gasteiger partial charge in [-0.05, 0) is 49.9 Å². The Morgan fingerprint density at radius 3 is 2.57 bits per heavy atom. The molecule has 30 heavy (non-hydrogen) atoms. The molecule has 0 aliphatic carbocycles. The van der Waals surface area contributed by atoms with Gasteiger partial charge in [-0.2, -0.15) is 4.31 Å². The van der Waals surface area contributed by atoms with Crippen molar-refractivity contribution >= 4 is 21.6 Å². The molecule has 0 bridgehead atoms. The first-order valence-electron chi connectivity index (χ1n) is 10.0. The van der Waals surface area contributed by atoms with Gasteiger partial charge in [-0.1, -0.05) is 19.1 Å². The molecule has 2 aromatic rings. The van der Waals surface area contributed by atoms with E-state index >= 15 is 0 Å². The fourth-order valence-electron chi connectivity index (χ4n) is 3.40. The lowest BCUT2D eigenvalue weighted by atomic mass is 10.0. The van der Waals surface area contributed by atoms with Crippen LogP contribution in [0.3, 0.4) is 0 Å². The number of amides is 1. The minimum Gasteiger partial charge on any atom is -0.492 e. The lowest BCUT2D eigenvalue weighted by Gasteiger charge is -2.29. The lowest BCUT2D eigenvalue weighted by molar-refractivity contribution is -0.116. The highest BCUT2D eigenvalue weighted by atomic mass is 32.2. The van der Waals surface area contributed by atoms with E-state index in [2.05, 4.69) is 12.2 Å². The first kappa shape index (κ1) is 22.0. The highest BCUT2D eigenvalue weighted by Gasteiger charge is 2.30. The number of nitrogens with one attached hydrogen (secondary N) is 1. The number of benzene rings is 1. The fraction of sp³-hybridized carbons (Fsp3) is 0.429. The van der Waals surface area contributed by atoms with E-state index in [0.29, 0.717) is 37.1 Å². The average Bonchev–Trinajstić information content (AvgIpc) is 2.71. The third-order valence-electron chi connectivity index (χ3n) is 5.12. The van der Waals surface area contributed by atoms with Gasteiger partial charge in [0.2, 0.25) is 15.9 Å². The molecule has 1 aliphatic rings. The monoisotopic (exact) mass is 433 g/mol. The number of carbonyl (C=O) groups is 1. The van der Waals surface area contributed by atoms with E-state index in [4.69, 9.17) is 4.74 Å². The topological polar surface area (TPSA) is 97.7 Å². The third-order valence-corrected chi connectivity index (χ3v) is 7.03. The summed E-state index contributed by atoms with van der Waals surface area (Å²) in [5.74, 6) is 0.536. The van der Waals surface area contributed by atoms with Crippen LogP contribution < -0.4 is 15.6 Å². The maximum absolute atomic E-state index is 13.0. The standard InChI is InChI=1S/C21H27N3O5S/c1-3-29-18-8-5-4-7-17(18)22-20(25)15-23-12-6-9-19(21(23)26)30(27,28)24-13-10-16(2)11-14-24/h4-9,12,16H,3,10-11,13-15H2,1-2H3,(H,22,25).